The largest absolute Gasteiger partial charge is 0.393 e. The van der Waals surface area contributed by atoms with Crippen molar-refractivity contribution in [1.82, 2.24) is 10.2 Å². The maximum atomic E-state index is 12.5. The van der Waals surface area contributed by atoms with E-state index in [0.29, 0.717) is 19.0 Å². The summed E-state index contributed by atoms with van der Waals surface area (Å²) in [7, 11) is 0. The minimum absolute atomic E-state index is 0.0142. The Morgan fingerprint density at radius 2 is 1.79 bits per heavy atom. The number of hydrogen-bond acceptors (Lipinski definition) is 2. The van der Waals surface area contributed by atoms with Gasteiger partial charge in [0.15, 0.2) is 0 Å². The third-order valence-corrected chi connectivity index (χ3v) is 5.12. The van der Waals surface area contributed by atoms with Gasteiger partial charge in [-0.3, -0.25) is 0 Å². The molecular formula is C20H26N2O2. The molecule has 1 fully saturated rings. The summed E-state index contributed by atoms with van der Waals surface area (Å²) in [6.07, 6.45) is 1.46. The van der Waals surface area contributed by atoms with Crippen LogP contribution in [0.25, 0.3) is 10.8 Å². The van der Waals surface area contributed by atoms with Crippen molar-refractivity contribution in [3.8, 4) is 0 Å². The summed E-state index contributed by atoms with van der Waals surface area (Å²) in [5.41, 5.74) is 1.11. The van der Waals surface area contributed by atoms with Gasteiger partial charge in [0.1, 0.15) is 0 Å². The van der Waals surface area contributed by atoms with E-state index in [0.717, 1.165) is 18.4 Å². The molecule has 0 aliphatic carbocycles. The first kappa shape index (κ1) is 16.8. The van der Waals surface area contributed by atoms with Crippen LogP contribution in [-0.2, 0) is 0 Å². The lowest BCUT2D eigenvalue weighted by Crippen LogP contribution is -2.46. The van der Waals surface area contributed by atoms with E-state index in [-0.39, 0.29) is 18.2 Å². The minimum atomic E-state index is -0.285. The molecule has 2 aromatic carbocycles. The fraction of sp³-hybridized carbons (Fsp3) is 0.450. The van der Waals surface area contributed by atoms with E-state index in [1.807, 2.05) is 30.9 Å². The lowest BCUT2D eigenvalue weighted by atomic mass is 9.92. The lowest BCUT2D eigenvalue weighted by Gasteiger charge is -2.34. The summed E-state index contributed by atoms with van der Waals surface area (Å²) in [6, 6.07) is 14.5. The highest BCUT2D eigenvalue weighted by atomic mass is 16.3. The Morgan fingerprint density at radius 3 is 2.46 bits per heavy atom. The molecule has 1 aliphatic heterocycles. The number of amides is 2. The number of urea groups is 1. The van der Waals surface area contributed by atoms with Crippen LogP contribution in [0.3, 0.4) is 0 Å². The molecule has 2 unspecified atom stereocenters. The van der Waals surface area contributed by atoms with Gasteiger partial charge in [0.2, 0.25) is 0 Å². The average molecular weight is 326 g/mol. The fourth-order valence-corrected chi connectivity index (χ4v) is 3.42. The molecular weight excluding hydrogens is 300 g/mol. The molecule has 0 radical (unpaired) electrons. The van der Waals surface area contributed by atoms with Crippen LogP contribution < -0.4 is 5.32 Å². The number of hydrogen-bond donors (Lipinski definition) is 2. The second kappa shape index (κ2) is 7.22. The Hall–Kier alpha value is -2.07. The van der Waals surface area contributed by atoms with Crippen molar-refractivity contribution in [3.63, 3.8) is 0 Å². The molecule has 2 amide bonds. The Balaban J connectivity index is 1.61. The molecule has 4 nitrogen and oxygen atoms in total. The summed E-state index contributed by atoms with van der Waals surface area (Å²) < 4.78 is 0. The van der Waals surface area contributed by atoms with Crippen molar-refractivity contribution in [2.45, 2.75) is 38.8 Å². The average Bonchev–Trinajstić information content (AvgIpc) is 2.61. The van der Waals surface area contributed by atoms with E-state index < -0.39 is 0 Å². The van der Waals surface area contributed by atoms with Crippen LogP contribution in [0.5, 0.6) is 0 Å². The molecule has 0 aromatic heterocycles. The standard InChI is InChI=1S/C20H26N2O2/c1-14(18-8-7-17-5-3-4-6-19(17)13-18)21-20(24)22-11-9-16(10-12-22)15(2)23/h3-8,13-16,23H,9-12H2,1-2H3,(H,21,24). The predicted octanol–water partition coefficient (Wildman–Crippen LogP) is 3.70. The van der Waals surface area contributed by atoms with Crippen LogP contribution in [-0.4, -0.2) is 35.2 Å². The second-order valence-corrected chi connectivity index (χ2v) is 6.84. The van der Waals surface area contributed by atoms with Gasteiger partial charge in [0.05, 0.1) is 12.1 Å². The minimum Gasteiger partial charge on any atom is -0.393 e. The van der Waals surface area contributed by atoms with Crippen molar-refractivity contribution in [1.29, 1.82) is 0 Å². The van der Waals surface area contributed by atoms with Crippen molar-refractivity contribution in [2.75, 3.05) is 13.1 Å². The first-order valence-corrected chi connectivity index (χ1v) is 8.77. The summed E-state index contributed by atoms with van der Waals surface area (Å²) >= 11 is 0. The number of nitrogens with zero attached hydrogens (tertiary/aromatic N) is 1. The van der Waals surface area contributed by atoms with Gasteiger partial charge in [0, 0.05) is 13.1 Å². The SMILES string of the molecule is CC(NC(=O)N1CCC(C(C)O)CC1)c1ccc2ccccc2c1. The van der Waals surface area contributed by atoms with E-state index >= 15 is 0 Å². The van der Waals surface area contributed by atoms with Gasteiger partial charge >= 0.3 is 6.03 Å². The van der Waals surface area contributed by atoms with E-state index in [4.69, 9.17) is 0 Å². The maximum absolute atomic E-state index is 12.5. The molecule has 3 rings (SSSR count). The zero-order valence-corrected chi connectivity index (χ0v) is 14.4. The second-order valence-electron chi connectivity index (χ2n) is 6.84. The highest BCUT2D eigenvalue weighted by molar-refractivity contribution is 5.83. The van der Waals surface area contributed by atoms with Gasteiger partial charge in [-0.2, -0.15) is 0 Å². The number of carbonyl (C=O) groups is 1. The van der Waals surface area contributed by atoms with E-state index in [2.05, 4.69) is 35.6 Å². The zero-order chi connectivity index (χ0) is 17.1. The molecule has 2 atom stereocenters. The van der Waals surface area contributed by atoms with Crippen LogP contribution >= 0.6 is 0 Å². The zero-order valence-electron chi connectivity index (χ0n) is 14.4. The molecule has 1 aliphatic rings. The van der Waals surface area contributed by atoms with E-state index in [9.17, 15) is 9.90 Å². The topological polar surface area (TPSA) is 52.6 Å². The van der Waals surface area contributed by atoms with Crippen LogP contribution in [0, 0.1) is 5.92 Å². The summed E-state index contributed by atoms with van der Waals surface area (Å²) in [5, 5.41) is 15.2. The van der Waals surface area contributed by atoms with Crippen LogP contribution in [0.2, 0.25) is 0 Å². The number of fused-ring (bicyclic) bond motifs is 1. The predicted molar refractivity (Wildman–Crippen MR) is 96.9 cm³/mol. The number of benzene rings is 2. The Morgan fingerprint density at radius 1 is 1.12 bits per heavy atom. The van der Waals surface area contributed by atoms with Crippen molar-refractivity contribution < 1.29 is 9.90 Å². The molecule has 2 aromatic rings. The van der Waals surface area contributed by atoms with Gasteiger partial charge < -0.3 is 15.3 Å². The molecule has 1 heterocycles. The number of carbonyl (C=O) groups excluding carboxylic acids is 1. The molecule has 128 valence electrons. The number of likely N-dealkylation sites (tertiary alicyclic amines) is 1. The van der Waals surface area contributed by atoms with Crippen molar-refractivity contribution in [2.24, 2.45) is 5.92 Å². The number of piperidine rings is 1. The molecule has 0 bridgehead atoms. The quantitative estimate of drug-likeness (QED) is 0.903. The summed E-state index contributed by atoms with van der Waals surface area (Å²) in [6.45, 7) is 5.28. The number of aliphatic hydroxyl groups is 1. The normalized spacial score (nSPS) is 18.4. The first-order valence-electron chi connectivity index (χ1n) is 8.77. The van der Waals surface area contributed by atoms with Gasteiger partial charge in [-0.15, -0.1) is 0 Å². The first-order chi connectivity index (χ1) is 11.5. The number of aliphatic hydroxyl groups excluding tert-OH is 1. The third kappa shape index (κ3) is 3.70. The van der Waals surface area contributed by atoms with Crippen LogP contribution in [0.4, 0.5) is 4.79 Å². The van der Waals surface area contributed by atoms with Crippen molar-refractivity contribution in [3.05, 3.63) is 48.0 Å². The van der Waals surface area contributed by atoms with Gasteiger partial charge in [0.25, 0.3) is 0 Å². The summed E-state index contributed by atoms with van der Waals surface area (Å²) in [5.74, 6) is 0.312. The maximum Gasteiger partial charge on any atom is 0.317 e. The molecule has 2 N–H and O–H groups in total. The van der Waals surface area contributed by atoms with Crippen LogP contribution in [0.1, 0.15) is 38.3 Å². The monoisotopic (exact) mass is 326 g/mol. The van der Waals surface area contributed by atoms with Crippen LogP contribution in [0.15, 0.2) is 42.5 Å². The van der Waals surface area contributed by atoms with E-state index in [1.54, 1.807) is 0 Å². The highest BCUT2D eigenvalue weighted by Crippen LogP contribution is 2.23. The lowest BCUT2D eigenvalue weighted by molar-refractivity contribution is 0.0794. The number of nitrogens with one attached hydrogen (secondary N) is 1. The Kier molecular flexibility index (Phi) is 5.05. The highest BCUT2D eigenvalue weighted by Gasteiger charge is 2.26. The number of rotatable bonds is 3. The third-order valence-electron chi connectivity index (χ3n) is 5.12. The summed E-state index contributed by atoms with van der Waals surface area (Å²) in [4.78, 5) is 14.3. The molecule has 1 saturated heterocycles. The molecule has 24 heavy (non-hydrogen) atoms. The van der Waals surface area contributed by atoms with Crippen molar-refractivity contribution >= 4 is 16.8 Å². The Bertz CT molecular complexity index is 706. The molecule has 0 spiro atoms. The van der Waals surface area contributed by atoms with Gasteiger partial charge in [-0.25, -0.2) is 4.79 Å². The fourth-order valence-electron chi connectivity index (χ4n) is 3.42. The van der Waals surface area contributed by atoms with Gasteiger partial charge in [-0.1, -0.05) is 36.4 Å². The molecule has 0 saturated carbocycles. The smallest absolute Gasteiger partial charge is 0.317 e. The molecule has 4 heteroatoms. The Labute approximate surface area is 143 Å². The van der Waals surface area contributed by atoms with E-state index in [1.165, 1.54) is 10.8 Å². The van der Waals surface area contributed by atoms with Gasteiger partial charge in [-0.05, 0) is 55.0 Å².